The molecule has 0 saturated heterocycles. The molecule has 0 bridgehead atoms. The number of pyridine rings is 1. The van der Waals surface area contributed by atoms with Crippen LogP contribution < -0.4 is 5.32 Å². The number of amides is 1. The first-order valence-electron chi connectivity index (χ1n) is 6.03. The van der Waals surface area contributed by atoms with Crippen molar-refractivity contribution < 1.29 is 18.0 Å². The van der Waals surface area contributed by atoms with Crippen molar-refractivity contribution in [2.45, 2.75) is 13.3 Å². The number of anilines is 1. The first-order chi connectivity index (χ1) is 9.92. The lowest BCUT2D eigenvalue weighted by Gasteiger charge is -2.08. The van der Waals surface area contributed by atoms with Crippen LogP contribution in [0.5, 0.6) is 0 Å². The highest BCUT2D eigenvalue weighted by atomic mass is 35.5. The summed E-state index contributed by atoms with van der Waals surface area (Å²) in [7, 11) is 0. The van der Waals surface area contributed by atoms with E-state index in [2.05, 4.69) is 10.3 Å². The standard InChI is InChI=1S/C14H10ClF3N2O/c1-2-8-5-7(6-11(15)19-8)14(21)20-10-4-3-9(16)12(17)13(10)18/h3-6H,2H2,1H3,(H,20,21). The number of nitrogens with one attached hydrogen (secondary N) is 1. The van der Waals surface area contributed by atoms with Gasteiger partial charge in [0.2, 0.25) is 0 Å². The number of rotatable bonds is 3. The smallest absolute Gasteiger partial charge is 0.255 e. The maximum atomic E-state index is 13.5. The van der Waals surface area contributed by atoms with Gasteiger partial charge in [0.15, 0.2) is 17.5 Å². The van der Waals surface area contributed by atoms with Gasteiger partial charge in [-0.25, -0.2) is 18.2 Å². The molecule has 7 heteroatoms. The number of carbonyl (C=O) groups excluding carboxylic acids is 1. The Morgan fingerprint density at radius 3 is 2.62 bits per heavy atom. The predicted octanol–water partition coefficient (Wildman–Crippen LogP) is 3.97. The van der Waals surface area contributed by atoms with E-state index >= 15 is 0 Å². The minimum absolute atomic E-state index is 0.116. The summed E-state index contributed by atoms with van der Waals surface area (Å²) in [5.74, 6) is -5.13. The van der Waals surface area contributed by atoms with E-state index < -0.39 is 29.0 Å². The number of hydrogen-bond acceptors (Lipinski definition) is 2. The van der Waals surface area contributed by atoms with E-state index in [0.717, 1.165) is 12.1 Å². The highest BCUT2D eigenvalue weighted by molar-refractivity contribution is 6.29. The molecule has 0 saturated carbocycles. The molecule has 0 aliphatic rings. The SMILES string of the molecule is CCc1cc(C(=O)Nc2ccc(F)c(F)c2F)cc(Cl)n1. The minimum atomic E-state index is -1.64. The van der Waals surface area contributed by atoms with E-state index in [1.54, 1.807) is 0 Å². The number of aryl methyl sites for hydroxylation is 1. The number of halogens is 4. The van der Waals surface area contributed by atoms with Gasteiger partial charge in [0.25, 0.3) is 5.91 Å². The Morgan fingerprint density at radius 1 is 1.24 bits per heavy atom. The van der Waals surface area contributed by atoms with Crippen molar-refractivity contribution in [2.24, 2.45) is 0 Å². The minimum Gasteiger partial charge on any atom is -0.319 e. The molecule has 0 fully saturated rings. The van der Waals surface area contributed by atoms with Crippen LogP contribution in [-0.4, -0.2) is 10.9 Å². The van der Waals surface area contributed by atoms with Crippen LogP contribution in [0.4, 0.5) is 18.9 Å². The first kappa shape index (κ1) is 15.3. The van der Waals surface area contributed by atoms with Gasteiger partial charge in [-0.15, -0.1) is 0 Å². The number of benzene rings is 1. The third-order valence-corrected chi connectivity index (χ3v) is 2.95. The van der Waals surface area contributed by atoms with Crippen LogP contribution in [0.1, 0.15) is 23.0 Å². The number of hydrogen-bond donors (Lipinski definition) is 1. The molecule has 1 aromatic heterocycles. The Morgan fingerprint density at radius 2 is 1.95 bits per heavy atom. The molecule has 0 aliphatic carbocycles. The second-order valence-corrected chi connectivity index (χ2v) is 4.59. The summed E-state index contributed by atoms with van der Waals surface area (Å²) < 4.78 is 39.4. The van der Waals surface area contributed by atoms with E-state index in [1.807, 2.05) is 6.92 Å². The van der Waals surface area contributed by atoms with E-state index in [4.69, 9.17) is 11.6 Å². The topological polar surface area (TPSA) is 42.0 Å². The summed E-state index contributed by atoms with van der Waals surface area (Å²) >= 11 is 5.78. The van der Waals surface area contributed by atoms with Gasteiger partial charge in [0, 0.05) is 11.3 Å². The molecule has 110 valence electrons. The van der Waals surface area contributed by atoms with Crippen LogP contribution in [-0.2, 0) is 6.42 Å². The molecule has 2 rings (SSSR count). The van der Waals surface area contributed by atoms with Gasteiger partial charge in [-0.1, -0.05) is 18.5 Å². The van der Waals surface area contributed by atoms with Gasteiger partial charge in [0.05, 0.1) is 5.69 Å². The molecular weight excluding hydrogens is 305 g/mol. The van der Waals surface area contributed by atoms with Crippen LogP contribution in [0.15, 0.2) is 24.3 Å². The fourth-order valence-corrected chi connectivity index (χ4v) is 1.91. The summed E-state index contributed by atoms with van der Waals surface area (Å²) in [5.41, 5.74) is 0.277. The zero-order chi connectivity index (χ0) is 15.6. The quantitative estimate of drug-likeness (QED) is 0.688. The molecule has 1 heterocycles. The Hall–Kier alpha value is -2.08. The van der Waals surface area contributed by atoms with Gasteiger partial charge in [-0.3, -0.25) is 4.79 Å². The van der Waals surface area contributed by atoms with Crippen LogP contribution in [0.2, 0.25) is 5.15 Å². The van der Waals surface area contributed by atoms with E-state index in [1.165, 1.54) is 12.1 Å². The lowest BCUT2D eigenvalue weighted by molar-refractivity contribution is 0.102. The zero-order valence-electron chi connectivity index (χ0n) is 10.9. The molecule has 0 spiro atoms. The Labute approximate surface area is 123 Å². The largest absolute Gasteiger partial charge is 0.319 e. The molecule has 21 heavy (non-hydrogen) atoms. The predicted molar refractivity (Wildman–Crippen MR) is 72.9 cm³/mol. The third-order valence-electron chi connectivity index (χ3n) is 2.75. The normalized spacial score (nSPS) is 10.5. The monoisotopic (exact) mass is 314 g/mol. The molecule has 0 unspecified atom stereocenters. The Balaban J connectivity index is 2.30. The highest BCUT2D eigenvalue weighted by Crippen LogP contribution is 2.21. The van der Waals surface area contributed by atoms with Crippen molar-refractivity contribution in [3.05, 3.63) is 58.1 Å². The summed E-state index contributed by atoms with van der Waals surface area (Å²) in [4.78, 5) is 16.0. The van der Waals surface area contributed by atoms with Crippen LogP contribution in [0, 0.1) is 17.5 Å². The third kappa shape index (κ3) is 3.33. The molecule has 1 aromatic carbocycles. The zero-order valence-corrected chi connectivity index (χ0v) is 11.6. The van der Waals surface area contributed by atoms with E-state index in [-0.39, 0.29) is 10.7 Å². The Kier molecular flexibility index (Phi) is 4.47. The summed E-state index contributed by atoms with van der Waals surface area (Å²) in [6.45, 7) is 1.83. The number of aromatic nitrogens is 1. The number of nitrogens with zero attached hydrogens (tertiary/aromatic N) is 1. The van der Waals surface area contributed by atoms with Gasteiger partial charge in [-0.2, -0.15) is 0 Å². The molecule has 0 aliphatic heterocycles. The van der Waals surface area contributed by atoms with Crippen LogP contribution in [0.25, 0.3) is 0 Å². The first-order valence-corrected chi connectivity index (χ1v) is 6.41. The van der Waals surface area contributed by atoms with E-state index in [9.17, 15) is 18.0 Å². The van der Waals surface area contributed by atoms with Gasteiger partial charge in [0.1, 0.15) is 5.15 Å². The van der Waals surface area contributed by atoms with E-state index in [0.29, 0.717) is 12.1 Å². The van der Waals surface area contributed by atoms with Crippen molar-refractivity contribution in [3.8, 4) is 0 Å². The van der Waals surface area contributed by atoms with Crippen molar-refractivity contribution in [2.75, 3.05) is 5.32 Å². The molecule has 2 aromatic rings. The maximum Gasteiger partial charge on any atom is 0.255 e. The molecule has 0 radical (unpaired) electrons. The lowest BCUT2D eigenvalue weighted by atomic mass is 10.2. The van der Waals surface area contributed by atoms with Gasteiger partial charge in [-0.05, 0) is 30.7 Å². The van der Waals surface area contributed by atoms with Crippen molar-refractivity contribution in [1.29, 1.82) is 0 Å². The summed E-state index contributed by atoms with van der Waals surface area (Å²) in [6.07, 6.45) is 0.556. The number of carbonyl (C=O) groups is 1. The summed E-state index contributed by atoms with van der Waals surface area (Å²) in [6, 6.07) is 4.45. The molecule has 1 N–H and O–H groups in total. The van der Waals surface area contributed by atoms with Gasteiger partial charge < -0.3 is 5.32 Å². The average Bonchev–Trinajstić information content (AvgIpc) is 2.47. The van der Waals surface area contributed by atoms with Crippen molar-refractivity contribution in [1.82, 2.24) is 4.98 Å². The van der Waals surface area contributed by atoms with Crippen LogP contribution in [0.3, 0.4) is 0 Å². The fourth-order valence-electron chi connectivity index (χ4n) is 1.68. The van der Waals surface area contributed by atoms with Crippen molar-refractivity contribution >= 4 is 23.2 Å². The van der Waals surface area contributed by atoms with Gasteiger partial charge >= 0.3 is 0 Å². The van der Waals surface area contributed by atoms with Crippen LogP contribution >= 0.6 is 11.6 Å². The Bertz CT molecular complexity index is 707. The lowest BCUT2D eigenvalue weighted by Crippen LogP contribution is -2.14. The average molecular weight is 315 g/mol. The van der Waals surface area contributed by atoms with Crippen molar-refractivity contribution in [3.63, 3.8) is 0 Å². The molecule has 1 amide bonds. The molecular formula is C14H10ClF3N2O. The summed E-state index contributed by atoms with van der Waals surface area (Å²) in [5, 5.41) is 2.28. The second-order valence-electron chi connectivity index (χ2n) is 4.20. The fraction of sp³-hybridized carbons (Fsp3) is 0.143. The second kappa shape index (κ2) is 6.13. The molecule has 3 nitrogen and oxygen atoms in total. The molecule has 0 atom stereocenters. The highest BCUT2D eigenvalue weighted by Gasteiger charge is 2.16. The maximum absolute atomic E-state index is 13.5.